The number of ketones is 1. The number of thiol groups is 1. The average molecular weight is 223 g/mol. The van der Waals surface area contributed by atoms with Crippen molar-refractivity contribution in [3.05, 3.63) is 35.4 Å². The first-order valence-corrected chi connectivity index (χ1v) is 4.94. The molecule has 0 fully saturated rings. The Hall–Kier alpha value is -1.29. The molecule has 0 unspecified atom stereocenters. The lowest BCUT2D eigenvalue weighted by atomic mass is 9.99. The minimum atomic E-state index is -0.714. The second kappa shape index (κ2) is 4.06. The molecule has 2 N–H and O–H groups in total. The monoisotopic (exact) mass is 223 g/mol. The van der Waals surface area contributed by atoms with E-state index in [0.717, 1.165) is 0 Å². The molecule has 1 aromatic carbocycles. The normalized spacial score (nSPS) is 11.1. The Morgan fingerprint density at radius 2 is 1.53 bits per heavy atom. The number of rotatable bonds is 3. The third-order valence-corrected chi connectivity index (χ3v) is 2.19. The largest absolute Gasteiger partial charge is 0.366 e. The highest BCUT2D eigenvalue weighted by molar-refractivity contribution is 7.82. The highest BCUT2D eigenvalue weighted by atomic mass is 32.1. The van der Waals surface area contributed by atoms with E-state index in [1.54, 1.807) is 26.0 Å². The maximum Gasteiger partial charge on any atom is 0.248 e. The molecule has 1 rings (SSSR count). The summed E-state index contributed by atoms with van der Waals surface area (Å²) in [5, 5.41) is 0. The lowest BCUT2D eigenvalue weighted by Gasteiger charge is -2.15. The van der Waals surface area contributed by atoms with Crippen LogP contribution in [0, 0.1) is 0 Å². The van der Waals surface area contributed by atoms with Gasteiger partial charge in [-0.2, -0.15) is 12.6 Å². The van der Waals surface area contributed by atoms with Crippen molar-refractivity contribution >= 4 is 24.3 Å². The fraction of sp³-hybridized carbons (Fsp3) is 0.273. The van der Waals surface area contributed by atoms with E-state index < -0.39 is 10.7 Å². The summed E-state index contributed by atoms with van der Waals surface area (Å²) >= 11 is 4.19. The van der Waals surface area contributed by atoms with Crippen molar-refractivity contribution in [3.63, 3.8) is 0 Å². The number of primary amides is 1. The van der Waals surface area contributed by atoms with Gasteiger partial charge in [0.05, 0.1) is 4.75 Å². The van der Waals surface area contributed by atoms with Crippen LogP contribution in [0.5, 0.6) is 0 Å². The van der Waals surface area contributed by atoms with Crippen molar-refractivity contribution < 1.29 is 9.59 Å². The van der Waals surface area contributed by atoms with Gasteiger partial charge in [-0.15, -0.1) is 0 Å². The van der Waals surface area contributed by atoms with Crippen molar-refractivity contribution in [2.24, 2.45) is 5.73 Å². The zero-order chi connectivity index (χ0) is 11.6. The second-order valence-corrected chi connectivity index (χ2v) is 4.95. The molecule has 15 heavy (non-hydrogen) atoms. The fourth-order valence-corrected chi connectivity index (χ4v) is 1.27. The van der Waals surface area contributed by atoms with Gasteiger partial charge in [0.25, 0.3) is 0 Å². The number of amides is 1. The molecule has 0 saturated carbocycles. The summed E-state index contributed by atoms with van der Waals surface area (Å²) < 4.78 is -0.714. The van der Waals surface area contributed by atoms with E-state index in [4.69, 9.17) is 5.73 Å². The van der Waals surface area contributed by atoms with Gasteiger partial charge >= 0.3 is 0 Å². The van der Waals surface area contributed by atoms with Gasteiger partial charge in [-0.05, 0) is 26.0 Å². The van der Waals surface area contributed by atoms with Gasteiger partial charge in [0, 0.05) is 11.1 Å². The van der Waals surface area contributed by atoms with Crippen LogP contribution in [-0.4, -0.2) is 16.4 Å². The fourth-order valence-electron chi connectivity index (χ4n) is 1.14. The predicted octanol–water partition coefficient (Wildman–Crippen LogP) is 1.68. The van der Waals surface area contributed by atoms with Gasteiger partial charge in [-0.25, -0.2) is 0 Å². The molecule has 0 saturated heterocycles. The number of carbonyl (C=O) groups excluding carboxylic acids is 2. The van der Waals surface area contributed by atoms with Gasteiger partial charge in [0.2, 0.25) is 5.91 Å². The Morgan fingerprint density at radius 3 is 1.87 bits per heavy atom. The summed E-state index contributed by atoms with van der Waals surface area (Å²) in [6.07, 6.45) is 0. The van der Waals surface area contributed by atoms with Crippen LogP contribution >= 0.6 is 12.6 Å². The first-order valence-electron chi connectivity index (χ1n) is 4.49. The van der Waals surface area contributed by atoms with E-state index in [9.17, 15) is 9.59 Å². The smallest absolute Gasteiger partial charge is 0.248 e. The number of carbonyl (C=O) groups is 2. The molecule has 0 aliphatic rings. The van der Waals surface area contributed by atoms with Crippen molar-refractivity contribution in [2.75, 3.05) is 0 Å². The molecule has 0 atom stereocenters. The van der Waals surface area contributed by atoms with E-state index >= 15 is 0 Å². The molecule has 0 aliphatic carbocycles. The molecule has 0 radical (unpaired) electrons. The molecule has 4 heteroatoms. The summed E-state index contributed by atoms with van der Waals surface area (Å²) in [5.74, 6) is -0.582. The SMILES string of the molecule is CC(C)(S)C(=O)c1ccc(C(N)=O)cc1. The van der Waals surface area contributed by atoms with Gasteiger partial charge in [0.15, 0.2) is 5.78 Å². The van der Waals surface area contributed by atoms with E-state index in [1.165, 1.54) is 12.1 Å². The Kier molecular flexibility index (Phi) is 3.19. The molecule has 1 amide bonds. The summed E-state index contributed by atoms with van der Waals surface area (Å²) in [7, 11) is 0. The van der Waals surface area contributed by atoms with Crippen LogP contribution in [0.4, 0.5) is 0 Å². The molecule has 0 aliphatic heterocycles. The number of nitrogens with two attached hydrogens (primary N) is 1. The highest BCUT2D eigenvalue weighted by Gasteiger charge is 2.23. The van der Waals surface area contributed by atoms with E-state index in [0.29, 0.717) is 11.1 Å². The zero-order valence-electron chi connectivity index (χ0n) is 8.65. The van der Waals surface area contributed by atoms with Gasteiger partial charge < -0.3 is 5.73 Å². The number of hydrogen-bond acceptors (Lipinski definition) is 3. The number of Topliss-reactive ketones (excluding diaryl/α,β-unsaturated/α-hetero) is 1. The van der Waals surface area contributed by atoms with Crippen LogP contribution < -0.4 is 5.73 Å². The molecule has 1 aromatic rings. The molecular weight excluding hydrogens is 210 g/mol. The Balaban J connectivity index is 3.00. The van der Waals surface area contributed by atoms with Crippen molar-refractivity contribution in [3.8, 4) is 0 Å². The standard InChI is InChI=1S/C11H13NO2S/c1-11(2,15)9(13)7-3-5-8(6-4-7)10(12)14/h3-6,15H,1-2H3,(H2,12,14). The van der Waals surface area contributed by atoms with Crippen LogP contribution in [0.3, 0.4) is 0 Å². The minimum Gasteiger partial charge on any atom is -0.366 e. The van der Waals surface area contributed by atoms with Crippen LogP contribution in [-0.2, 0) is 0 Å². The van der Waals surface area contributed by atoms with Crippen LogP contribution in [0.1, 0.15) is 34.6 Å². The highest BCUT2D eigenvalue weighted by Crippen LogP contribution is 2.19. The lowest BCUT2D eigenvalue weighted by Crippen LogP contribution is -2.24. The Bertz CT molecular complexity index is 390. The van der Waals surface area contributed by atoms with E-state index in [-0.39, 0.29) is 5.78 Å². The zero-order valence-corrected chi connectivity index (χ0v) is 9.54. The van der Waals surface area contributed by atoms with Crippen LogP contribution in [0.2, 0.25) is 0 Å². The maximum atomic E-state index is 11.8. The average Bonchev–Trinajstić information content (AvgIpc) is 2.15. The number of hydrogen-bond donors (Lipinski definition) is 2. The summed E-state index contributed by atoms with van der Waals surface area (Å²) in [6, 6.07) is 6.24. The maximum absolute atomic E-state index is 11.8. The van der Waals surface area contributed by atoms with E-state index in [1.807, 2.05) is 0 Å². The quantitative estimate of drug-likeness (QED) is 0.605. The molecule has 0 bridgehead atoms. The van der Waals surface area contributed by atoms with Gasteiger partial charge in [0.1, 0.15) is 0 Å². The minimum absolute atomic E-state index is 0.0816. The lowest BCUT2D eigenvalue weighted by molar-refractivity contribution is 0.0956. The Labute approximate surface area is 94.1 Å². The van der Waals surface area contributed by atoms with Gasteiger partial charge in [-0.1, -0.05) is 12.1 Å². The molecule has 0 aromatic heterocycles. The second-order valence-electron chi connectivity index (χ2n) is 3.83. The topological polar surface area (TPSA) is 60.2 Å². The van der Waals surface area contributed by atoms with Crippen molar-refractivity contribution in [1.82, 2.24) is 0 Å². The Morgan fingerprint density at radius 1 is 1.13 bits per heavy atom. The third-order valence-electron chi connectivity index (χ3n) is 1.99. The van der Waals surface area contributed by atoms with Crippen molar-refractivity contribution in [1.29, 1.82) is 0 Å². The van der Waals surface area contributed by atoms with Crippen molar-refractivity contribution in [2.45, 2.75) is 18.6 Å². The van der Waals surface area contributed by atoms with Crippen LogP contribution in [0.25, 0.3) is 0 Å². The molecule has 3 nitrogen and oxygen atoms in total. The summed E-state index contributed by atoms with van der Waals surface area (Å²) in [5.41, 5.74) is 6.01. The molecule has 0 heterocycles. The first-order chi connectivity index (χ1) is 6.82. The predicted molar refractivity (Wildman–Crippen MR) is 62.4 cm³/mol. The van der Waals surface area contributed by atoms with Gasteiger partial charge in [-0.3, -0.25) is 9.59 Å². The molecule has 0 spiro atoms. The summed E-state index contributed by atoms with van der Waals surface area (Å²) in [4.78, 5) is 22.6. The summed E-state index contributed by atoms with van der Waals surface area (Å²) in [6.45, 7) is 3.45. The molecular formula is C11H13NO2S. The number of benzene rings is 1. The first kappa shape index (κ1) is 11.8. The van der Waals surface area contributed by atoms with Crippen LogP contribution in [0.15, 0.2) is 24.3 Å². The van der Waals surface area contributed by atoms with E-state index in [2.05, 4.69) is 12.6 Å². The third kappa shape index (κ3) is 2.83. The molecule has 80 valence electrons.